The molecule has 0 saturated carbocycles. The van der Waals surface area contributed by atoms with Gasteiger partial charge in [0.05, 0.1) is 0 Å². The van der Waals surface area contributed by atoms with Crippen molar-refractivity contribution in [2.24, 2.45) is 17.8 Å². The predicted octanol–water partition coefficient (Wildman–Crippen LogP) is 2.36. The van der Waals surface area contributed by atoms with Crippen molar-refractivity contribution < 1.29 is 29.7 Å². The first-order chi connectivity index (χ1) is 6.27. The van der Waals surface area contributed by atoms with Gasteiger partial charge in [0.1, 0.15) is 0 Å². The Morgan fingerprint density at radius 2 is 1.86 bits per heavy atom. The van der Waals surface area contributed by atoms with Crippen molar-refractivity contribution in [1.82, 2.24) is 0 Å². The van der Waals surface area contributed by atoms with Gasteiger partial charge >= 0.3 is 98.2 Å². The van der Waals surface area contributed by atoms with Crippen molar-refractivity contribution in [1.29, 1.82) is 0 Å². The molecule has 0 aliphatic carbocycles. The minimum atomic E-state index is -0.956. The van der Waals surface area contributed by atoms with Crippen LogP contribution < -0.4 is 0 Å². The fraction of sp³-hybridized carbons (Fsp3) is 1.00. The SMILES string of the molecule is CC(C)[C@H]1OC(C)(O)[C@H](C)[C@@H](C)[C@@H]1[Mo]. The van der Waals surface area contributed by atoms with E-state index in [-0.39, 0.29) is 12.0 Å². The summed E-state index contributed by atoms with van der Waals surface area (Å²) in [7, 11) is 0. The van der Waals surface area contributed by atoms with Crippen molar-refractivity contribution in [3.63, 3.8) is 0 Å². The van der Waals surface area contributed by atoms with Crippen molar-refractivity contribution in [3.05, 3.63) is 0 Å². The van der Waals surface area contributed by atoms with Gasteiger partial charge in [-0.05, 0) is 0 Å². The van der Waals surface area contributed by atoms with Crippen LogP contribution in [0.5, 0.6) is 0 Å². The summed E-state index contributed by atoms with van der Waals surface area (Å²) in [4.78, 5) is 0. The maximum absolute atomic E-state index is 10.1. The molecule has 14 heavy (non-hydrogen) atoms. The molecule has 1 heterocycles. The van der Waals surface area contributed by atoms with Gasteiger partial charge in [0.25, 0.3) is 0 Å². The first-order valence-electron chi connectivity index (χ1n) is 5.33. The van der Waals surface area contributed by atoms with Gasteiger partial charge in [-0.1, -0.05) is 0 Å². The molecular weight excluding hydrogens is 260 g/mol. The molecule has 0 spiro atoms. The third kappa shape index (κ3) is 2.23. The van der Waals surface area contributed by atoms with E-state index in [4.69, 9.17) is 4.74 Å². The summed E-state index contributed by atoms with van der Waals surface area (Å²) in [5.74, 6) is 0.225. The van der Waals surface area contributed by atoms with Gasteiger partial charge in [0.2, 0.25) is 0 Å². The zero-order valence-corrected chi connectivity index (χ0v) is 11.7. The van der Waals surface area contributed by atoms with Gasteiger partial charge in [-0.3, -0.25) is 0 Å². The van der Waals surface area contributed by atoms with Crippen LogP contribution in [-0.2, 0) is 24.6 Å². The summed E-state index contributed by atoms with van der Waals surface area (Å²) >= 11 is 2.15. The first-order valence-corrected chi connectivity index (χ1v) is 6.49. The summed E-state index contributed by atoms with van der Waals surface area (Å²) in [5, 5.41) is 10.1. The Bertz CT molecular complexity index is 201. The second kappa shape index (κ2) is 4.23. The van der Waals surface area contributed by atoms with E-state index in [1.807, 2.05) is 0 Å². The quantitative estimate of drug-likeness (QED) is 0.748. The normalized spacial score (nSPS) is 49.6. The van der Waals surface area contributed by atoms with Crippen LogP contribution in [-0.4, -0.2) is 17.0 Å². The van der Waals surface area contributed by atoms with Crippen LogP contribution in [0.1, 0.15) is 34.6 Å². The molecule has 1 aliphatic heterocycles. The van der Waals surface area contributed by atoms with Crippen molar-refractivity contribution >= 4 is 0 Å². The molecule has 1 N–H and O–H groups in total. The Balaban J connectivity index is 2.85. The van der Waals surface area contributed by atoms with Gasteiger partial charge in [-0.15, -0.1) is 0 Å². The van der Waals surface area contributed by atoms with Gasteiger partial charge in [0.15, 0.2) is 0 Å². The van der Waals surface area contributed by atoms with Gasteiger partial charge in [-0.2, -0.15) is 0 Å². The van der Waals surface area contributed by atoms with Gasteiger partial charge in [-0.25, -0.2) is 0 Å². The molecule has 5 atom stereocenters. The van der Waals surface area contributed by atoms with E-state index in [0.717, 1.165) is 0 Å². The molecule has 0 aromatic carbocycles. The zero-order chi connectivity index (χ0) is 11.1. The van der Waals surface area contributed by atoms with Crippen molar-refractivity contribution in [2.45, 2.75) is 50.8 Å². The molecule has 1 rings (SSSR count). The molecule has 3 heteroatoms. The molecule has 1 saturated heterocycles. The Morgan fingerprint density at radius 3 is 2.29 bits per heavy atom. The van der Waals surface area contributed by atoms with Crippen LogP contribution >= 0.6 is 0 Å². The van der Waals surface area contributed by atoms with E-state index in [2.05, 4.69) is 47.5 Å². The Morgan fingerprint density at radius 1 is 1.36 bits per heavy atom. The number of hydrogen-bond acceptors (Lipinski definition) is 2. The molecule has 1 fully saturated rings. The molecule has 0 radical (unpaired) electrons. The second-order valence-corrected chi connectivity index (χ2v) is 6.33. The molecular formula is C11H21MoO2. The summed E-state index contributed by atoms with van der Waals surface area (Å²) in [6.45, 7) is 10.4. The van der Waals surface area contributed by atoms with Crippen molar-refractivity contribution in [2.75, 3.05) is 0 Å². The van der Waals surface area contributed by atoms with E-state index in [1.165, 1.54) is 0 Å². The standard InChI is InChI=1S/C11H21O2.Mo/c1-7(2)10-6-8(3)9(4)11(5,12)13-10;/h6-10,12H,1-5H3;/t8-,9+,10-,11?;/m0./s1. The predicted molar refractivity (Wildman–Crippen MR) is 52.4 cm³/mol. The maximum atomic E-state index is 10.1. The van der Waals surface area contributed by atoms with Gasteiger partial charge < -0.3 is 0 Å². The average molecular weight is 281 g/mol. The summed E-state index contributed by atoms with van der Waals surface area (Å²) in [6, 6.07) is 0. The van der Waals surface area contributed by atoms with E-state index >= 15 is 0 Å². The van der Waals surface area contributed by atoms with Crippen LogP contribution in [0.2, 0.25) is 4.31 Å². The molecule has 83 valence electrons. The number of aliphatic hydroxyl groups is 1. The third-order valence-electron chi connectivity index (χ3n) is 3.51. The van der Waals surface area contributed by atoms with Crippen molar-refractivity contribution in [3.8, 4) is 0 Å². The van der Waals surface area contributed by atoms with Crippen LogP contribution in [0.4, 0.5) is 0 Å². The molecule has 0 bridgehead atoms. The average Bonchev–Trinajstić information content (AvgIpc) is 2.08. The van der Waals surface area contributed by atoms with Crippen LogP contribution in [0.25, 0.3) is 0 Å². The molecule has 0 amide bonds. The zero-order valence-electron chi connectivity index (χ0n) is 9.65. The molecule has 0 aromatic heterocycles. The van der Waals surface area contributed by atoms with E-state index in [0.29, 0.717) is 16.1 Å². The fourth-order valence-corrected chi connectivity index (χ4v) is 3.53. The summed E-state index contributed by atoms with van der Waals surface area (Å²) in [6.07, 6.45) is 0.181. The Labute approximate surface area is 98.3 Å². The number of hydrogen-bond donors (Lipinski definition) is 1. The molecule has 1 aliphatic rings. The molecule has 2 nitrogen and oxygen atoms in total. The van der Waals surface area contributed by atoms with E-state index in [1.54, 1.807) is 6.92 Å². The van der Waals surface area contributed by atoms with E-state index in [9.17, 15) is 5.11 Å². The van der Waals surface area contributed by atoms with Crippen LogP contribution in [0.15, 0.2) is 0 Å². The Hall–Kier alpha value is 0.608. The topological polar surface area (TPSA) is 29.5 Å². The summed E-state index contributed by atoms with van der Waals surface area (Å²) in [5.41, 5.74) is 0. The van der Waals surface area contributed by atoms with Crippen LogP contribution in [0.3, 0.4) is 0 Å². The third-order valence-corrected chi connectivity index (χ3v) is 5.22. The Kier molecular flexibility index (Phi) is 3.83. The molecule has 0 aromatic rings. The number of ether oxygens (including phenoxy) is 1. The summed E-state index contributed by atoms with van der Waals surface area (Å²) < 4.78 is 6.32. The molecule has 1 unspecified atom stereocenters. The van der Waals surface area contributed by atoms with Crippen LogP contribution in [0, 0.1) is 17.8 Å². The monoisotopic (exact) mass is 283 g/mol. The number of rotatable bonds is 1. The van der Waals surface area contributed by atoms with Gasteiger partial charge in [0, 0.05) is 0 Å². The van der Waals surface area contributed by atoms with E-state index < -0.39 is 5.79 Å². The fourth-order valence-electron chi connectivity index (χ4n) is 2.04. The minimum absolute atomic E-state index is 0.181. The first kappa shape index (κ1) is 12.7. The second-order valence-electron chi connectivity index (χ2n) is 4.99.